The number of sulfonamides is 1. The minimum Gasteiger partial charge on any atom is -0.493 e. The van der Waals surface area contributed by atoms with Gasteiger partial charge in [0.15, 0.2) is 11.5 Å². The van der Waals surface area contributed by atoms with Crippen LogP contribution in [0.15, 0.2) is 18.2 Å². The number of methoxy groups -OCH3 is 2. The third kappa shape index (κ3) is 3.64. The maximum absolute atomic E-state index is 12.1. The molecule has 0 radical (unpaired) electrons. The number of hydrogen-bond donors (Lipinski definition) is 0. The van der Waals surface area contributed by atoms with Gasteiger partial charge in [0.05, 0.1) is 20.0 Å². The van der Waals surface area contributed by atoms with E-state index >= 15 is 0 Å². The number of hydrogen-bond acceptors (Lipinski definition) is 5. The zero-order chi connectivity index (χ0) is 16.2. The summed E-state index contributed by atoms with van der Waals surface area (Å²) in [6, 6.07) is 5.76. The van der Waals surface area contributed by atoms with Crippen molar-refractivity contribution < 1.29 is 17.9 Å². The maximum atomic E-state index is 12.1. The van der Waals surface area contributed by atoms with E-state index in [1.54, 1.807) is 18.5 Å². The van der Waals surface area contributed by atoms with E-state index in [1.807, 2.05) is 25.1 Å². The maximum Gasteiger partial charge on any atom is 0.214 e. The van der Waals surface area contributed by atoms with Crippen molar-refractivity contribution in [2.75, 3.05) is 51.1 Å². The zero-order valence-corrected chi connectivity index (χ0v) is 14.2. The van der Waals surface area contributed by atoms with Crippen molar-refractivity contribution in [2.24, 2.45) is 0 Å². The van der Waals surface area contributed by atoms with Gasteiger partial charge in [-0.1, -0.05) is 6.92 Å². The van der Waals surface area contributed by atoms with Crippen LogP contribution < -0.4 is 14.4 Å². The minimum atomic E-state index is -3.10. The van der Waals surface area contributed by atoms with E-state index < -0.39 is 10.0 Å². The molecule has 0 unspecified atom stereocenters. The molecule has 0 atom stereocenters. The summed E-state index contributed by atoms with van der Waals surface area (Å²) in [6.45, 7) is 4.29. The van der Waals surface area contributed by atoms with Crippen molar-refractivity contribution in [3.05, 3.63) is 18.2 Å². The molecule has 1 aliphatic heterocycles. The molecule has 1 aliphatic rings. The highest BCUT2D eigenvalue weighted by Gasteiger charge is 2.26. The number of benzene rings is 1. The Kier molecular flexibility index (Phi) is 5.52. The molecule has 1 aromatic carbocycles. The van der Waals surface area contributed by atoms with Gasteiger partial charge in [0.25, 0.3) is 0 Å². The van der Waals surface area contributed by atoms with E-state index in [0.717, 1.165) is 5.69 Å². The number of anilines is 1. The summed E-state index contributed by atoms with van der Waals surface area (Å²) in [5.41, 5.74) is 1.02. The Labute approximate surface area is 132 Å². The van der Waals surface area contributed by atoms with E-state index in [2.05, 4.69) is 4.90 Å². The second-order valence-corrected chi connectivity index (χ2v) is 7.33. The lowest BCUT2D eigenvalue weighted by Gasteiger charge is -2.35. The summed E-state index contributed by atoms with van der Waals surface area (Å²) >= 11 is 0. The van der Waals surface area contributed by atoms with Gasteiger partial charge in [0.2, 0.25) is 10.0 Å². The smallest absolute Gasteiger partial charge is 0.214 e. The molecule has 1 heterocycles. The molecule has 0 aliphatic carbocycles. The van der Waals surface area contributed by atoms with Gasteiger partial charge in [-0.2, -0.15) is 4.31 Å². The van der Waals surface area contributed by atoms with E-state index in [-0.39, 0.29) is 5.75 Å². The summed E-state index contributed by atoms with van der Waals surface area (Å²) < 4.78 is 36.3. The van der Waals surface area contributed by atoms with Gasteiger partial charge >= 0.3 is 0 Å². The number of nitrogens with zero attached hydrogens (tertiary/aromatic N) is 2. The summed E-state index contributed by atoms with van der Waals surface area (Å²) in [7, 11) is 0.114. The topological polar surface area (TPSA) is 59.1 Å². The molecule has 0 amide bonds. The Bertz CT molecular complexity index is 596. The van der Waals surface area contributed by atoms with Crippen LogP contribution in [0, 0.1) is 0 Å². The van der Waals surface area contributed by atoms with Crippen LogP contribution in [0.4, 0.5) is 5.69 Å². The fourth-order valence-corrected chi connectivity index (χ4v) is 4.13. The Balaban J connectivity index is 2.06. The average molecular weight is 328 g/mol. The van der Waals surface area contributed by atoms with Crippen molar-refractivity contribution in [2.45, 2.75) is 13.3 Å². The van der Waals surface area contributed by atoms with Gasteiger partial charge in [0.1, 0.15) is 0 Å². The van der Waals surface area contributed by atoms with Crippen LogP contribution in [0.2, 0.25) is 0 Å². The Morgan fingerprint density at radius 1 is 1.05 bits per heavy atom. The third-order valence-corrected chi connectivity index (χ3v) is 5.90. The van der Waals surface area contributed by atoms with Crippen LogP contribution in [0.25, 0.3) is 0 Å². The zero-order valence-electron chi connectivity index (χ0n) is 13.4. The lowest BCUT2D eigenvalue weighted by molar-refractivity contribution is 0.354. The highest BCUT2D eigenvalue weighted by atomic mass is 32.2. The van der Waals surface area contributed by atoms with Gasteiger partial charge in [-0.05, 0) is 18.6 Å². The van der Waals surface area contributed by atoms with Crippen LogP contribution in [0.5, 0.6) is 11.5 Å². The minimum absolute atomic E-state index is 0.226. The molecule has 1 aromatic rings. The van der Waals surface area contributed by atoms with Crippen LogP contribution in [0.1, 0.15) is 13.3 Å². The predicted molar refractivity (Wildman–Crippen MR) is 87.4 cm³/mol. The second-order valence-electron chi connectivity index (χ2n) is 5.24. The number of rotatable bonds is 6. The molecule has 0 spiro atoms. The molecule has 2 rings (SSSR count). The van der Waals surface area contributed by atoms with Crippen molar-refractivity contribution in [3.8, 4) is 11.5 Å². The highest BCUT2D eigenvalue weighted by Crippen LogP contribution is 2.32. The second kappa shape index (κ2) is 7.19. The van der Waals surface area contributed by atoms with Gasteiger partial charge < -0.3 is 14.4 Å². The largest absolute Gasteiger partial charge is 0.493 e. The Morgan fingerprint density at radius 2 is 1.68 bits per heavy atom. The van der Waals surface area contributed by atoms with E-state index in [1.165, 1.54) is 0 Å². The van der Waals surface area contributed by atoms with E-state index in [9.17, 15) is 8.42 Å². The molecular weight excluding hydrogens is 304 g/mol. The van der Waals surface area contributed by atoms with E-state index in [0.29, 0.717) is 44.1 Å². The first kappa shape index (κ1) is 16.9. The van der Waals surface area contributed by atoms with Crippen LogP contribution in [-0.4, -0.2) is 58.9 Å². The Morgan fingerprint density at radius 3 is 2.23 bits per heavy atom. The molecule has 1 saturated heterocycles. The first-order valence-corrected chi connectivity index (χ1v) is 9.07. The summed E-state index contributed by atoms with van der Waals surface area (Å²) in [6.07, 6.45) is 0.651. The molecular formula is C15H24N2O4S. The third-order valence-electron chi connectivity index (χ3n) is 3.83. The normalized spacial score (nSPS) is 16.6. The fraction of sp³-hybridized carbons (Fsp3) is 0.600. The Hall–Kier alpha value is -1.47. The predicted octanol–water partition coefficient (Wildman–Crippen LogP) is 1.57. The molecule has 1 fully saturated rings. The van der Waals surface area contributed by atoms with Crippen LogP contribution >= 0.6 is 0 Å². The molecule has 0 bridgehead atoms. The first-order chi connectivity index (χ1) is 10.5. The van der Waals surface area contributed by atoms with E-state index in [4.69, 9.17) is 9.47 Å². The molecule has 22 heavy (non-hydrogen) atoms. The van der Waals surface area contributed by atoms with Crippen molar-refractivity contribution in [1.82, 2.24) is 4.31 Å². The molecule has 0 saturated carbocycles. The van der Waals surface area contributed by atoms with Crippen molar-refractivity contribution in [3.63, 3.8) is 0 Å². The standard InChI is InChI=1S/C15H24N2O4S/c1-4-11-22(18,19)17-9-7-16(8-10-17)13-5-6-14(20-2)15(12-13)21-3/h5-6,12H,4,7-11H2,1-3H3. The lowest BCUT2D eigenvalue weighted by Crippen LogP contribution is -2.49. The van der Waals surface area contributed by atoms with Crippen LogP contribution in [-0.2, 0) is 10.0 Å². The number of piperazine rings is 1. The fourth-order valence-electron chi connectivity index (χ4n) is 2.63. The molecule has 0 aromatic heterocycles. The molecule has 0 N–H and O–H groups in total. The van der Waals surface area contributed by atoms with Gasteiger partial charge in [-0.15, -0.1) is 0 Å². The van der Waals surface area contributed by atoms with Gasteiger partial charge in [-0.3, -0.25) is 0 Å². The summed E-state index contributed by atoms with van der Waals surface area (Å²) in [5.74, 6) is 1.60. The van der Waals surface area contributed by atoms with Crippen molar-refractivity contribution >= 4 is 15.7 Å². The summed E-state index contributed by atoms with van der Waals surface area (Å²) in [4.78, 5) is 2.17. The van der Waals surface area contributed by atoms with Crippen molar-refractivity contribution in [1.29, 1.82) is 0 Å². The van der Waals surface area contributed by atoms with Gasteiger partial charge in [-0.25, -0.2) is 8.42 Å². The quantitative estimate of drug-likeness (QED) is 0.793. The molecule has 124 valence electrons. The first-order valence-electron chi connectivity index (χ1n) is 7.46. The van der Waals surface area contributed by atoms with Crippen LogP contribution in [0.3, 0.4) is 0 Å². The SMILES string of the molecule is CCCS(=O)(=O)N1CCN(c2ccc(OC)c(OC)c2)CC1. The van der Waals surface area contributed by atoms with Gasteiger partial charge in [0, 0.05) is 37.9 Å². The monoisotopic (exact) mass is 328 g/mol. The molecule has 7 heteroatoms. The average Bonchev–Trinajstić information content (AvgIpc) is 2.54. The lowest BCUT2D eigenvalue weighted by atomic mass is 10.2. The number of ether oxygens (including phenoxy) is 2. The molecule has 6 nitrogen and oxygen atoms in total. The highest BCUT2D eigenvalue weighted by molar-refractivity contribution is 7.89. The summed E-state index contributed by atoms with van der Waals surface area (Å²) in [5, 5.41) is 0.